The van der Waals surface area contributed by atoms with Crippen molar-refractivity contribution in [1.82, 2.24) is 9.80 Å². The van der Waals surface area contributed by atoms with Crippen LogP contribution >= 0.6 is 39.9 Å². The monoisotopic (exact) mass is 614 g/mol. The largest absolute Gasteiger partial charge is 0.490 e. The topological polar surface area (TPSA) is 94.6 Å². The van der Waals surface area contributed by atoms with E-state index in [9.17, 15) is 14.4 Å². The molecule has 0 saturated carbocycles. The molecule has 0 bridgehead atoms. The molecule has 0 N–H and O–H groups in total. The van der Waals surface area contributed by atoms with E-state index in [1.807, 2.05) is 13.0 Å². The highest BCUT2D eigenvalue weighted by molar-refractivity contribution is 9.10. The van der Waals surface area contributed by atoms with E-state index >= 15 is 0 Å². The van der Waals surface area contributed by atoms with Crippen LogP contribution in [-0.2, 0) is 23.9 Å². The van der Waals surface area contributed by atoms with Crippen LogP contribution in [0.3, 0.4) is 0 Å². The van der Waals surface area contributed by atoms with Crippen LogP contribution in [0.1, 0.15) is 38.2 Å². The Balaban J connectivity index is 1.65. The predicted molar refractivity (Wildman–Crippen MR) is 149 cm³/mol. The van der Waals surface area contributed by atoms with Crippen LogP contribution in [0.25, 0.3) is 6.08 Å². The van der Waals surface area contributed by atoms with Gasteiger partial charge in [-0.25, -0.2) is 0 Å². The Morgan fingerprint density at radius 1 is 1.19 bits per heavy atom. The number of carbonyl (C=O) groups excluding carboxylic acids is 3. The summed E-state index contributed by atoms with van der Waals surface area (Å²) >= 11 is 10.2. The number of carbonyl (C=O) groups is 3. The first-order valence-corrected chi connectivity index (χ1v) is 14.1. The van der Waals surface area contributed by atoms with Gasteiger partial charge in [-0.2, -0.15) is 0 Å². The number of morpholine rings is 1. The van der Waals surface area contributed by atoms with Crippen LogP contribution in [0.4, 0.5) is 0 Å². The number of benzene rings is 1. The molecule has 2 saturated heterocycles. The zero-order valence-electron chi connectivity index (χ0n) is 21.0. The zero-order chi connectivity index (χ0) is 26.8. The lowest BCUT2D eigenvalue weighted by Crippen LogP contribution is -2.43. The van der Waals surface area contributed by atoms with E-state index in [0.717, 1.165) is 18.4 Å². The number of amides is 2. The van der Waals surface area contributed by atoms with Gasteiger partial charge in [0.15, 0.2) is 18.1 Å². The lowest BCUT2D eigenvalue weighted by molar-refractivity contribution is -0.140. The van der Waals surface area contributed by atoms with Crippen molar-refractivity contribution in [3.05, 3.63) is 27.1 Å². The van der Waals surface area contributed by atoms with Crippen molar-refractivity contribution in [3.8, 4) is 11.5 Å². The van der Waals surface area contributed by atoms with E-state index in [-0.39, 0.29) is 24.4 Å². The van der Waals surface area contributed by atoms with Crippen molar-refractivity contribution in [3.63, 3.8) is 0 Å². The summed E-state index contributed by atoms with van der Waals surface area (Å²) in [5.74, 6) is 0.412. The average molecular weight is 616 g/mol. The lowest BCUT2D eigenvalue weighted by Gasteiger charge is -2.27. The second-order valence-corrected chi connectivity index (χ2v) is 10.8. The van der Waals surface area contributed by atoms with Gasteiger partial charge in [-0.3, -0.25) is 19.3 Å². The van der Waals surface area contributed by atoms with Gasteiger partial charge in [0, 0.05) is 26.1 Å². The Hall–Kier alpha value is -2.15. The van der Waals surface area contributed by atoms with Crippen LogP contribution in [0.2, 0.25) is 0 Å². The molecule has 2 aliphatic heterocycles. The number of thiocarbonyl (C=S) groups is 1. The molecular weight excluding hydrogens is 584 g/mol. The third-order valence-electron chi connectivity index (χ3n) is 5.70. The second-order valence-electron chi connectivity index (χ2n) is 8.26. The predicted octanol–water partition coefficient (Wildman–Crippen LogP) is 4.02. The highest BCUT2D eigenvalue weighted by Gasteiger charge is 2.31. The number of halogens is 1. The third-order valence-corrected chi connectivity index (χ3v) is 7.66. The van der Waals surface area contributed by atoms with Gasteiger partial charge in [-0.15, -0.1) is 0 Å². The maximum Gasteiger partial charge on any atom is 0.305 e. The van der Waals surface area contributed by atoms with Gasteiger partial charge in [0.25, 0.3) is 11.8 Å². The van der Waals surface area contributed by atoms with E-state index in [1.165, 1.54) is 18.9 Å². The van der Waals surface area contributed by atoms with Gasteiger partial charge in [-0.1, -0.05) is 30.4 Å². The first kappa shape index (κ1) is 29.4. The van der Waals surface area contributed by atoms with Crippen molar-refractivity contribution >= 4 is 68.1 Å². The van der Waals surface area contributed by atoms with Crippen LogP contribution in [0.5, 0.6) is 11.5 Å². The van der Waals surface area contributed by atoms with E-state index in [0.29, 0.717) is 77.5 Å². The van der Waals surface area contributed by atoms with Gasteiger partial charge >= 0.3 is 5.97 Å². The summed E-state index contributed by atoms with van der Waals surface area (Å²) in [7, 11) is 1.37. The number of unbranched alkanes of at least 4 members (excludes halogenated alkanes) is 2. The molecule has 2 amide bonds. The van der Waals surface area contributed by atoms with Gasteiger partial charge in [0.2, 0.25) is 0 Å². The molecule has 1 aromatic carbocycles. The molecule has 0 aromatic heterocycles. The van der Waals surface area contributed by atoms with Gasteiger partial charge < -0.3 is 23.8 Å². The maximum atomic E-state index is 13.0. The Morgan fingerprint density at radius 3 is 2.65 bits per heavy atom. The summed E-state index contributed by atoms with van der Waals surface area (Å²) in [6, 6.07) is 3.60. The Kier molecular flexibility index (Phi) is 11.7. The smallest absolute Gasteiger partial charge is 0.305 e. The van der Waals surface area contributed by atoms with Crippen LogP contribution < -0.4 is 9.47 Å². The van der Waals surface area contributed by atoms with Crippen molar-refractivity contribution in [2.45, 2.75) is 32.6 Å². The standard InChI is InChI=1S/C25H31BrN2O7S2/c1-3-34-19-14-17(13-18(26)23(19)35-16-21(29)27-9-11-33-12-10-27)15-20-24(31)28(25(36)37-20)8-6-4-5-7-22(30)32-2/h13-15H,3-12,16H2,1-2H3/b20-15+. The second kappa shape index (κ2) is 14.7. The van der Waals surface area contributed by atoms with Crippen LogP contribution in [-0.4, -0.2) is 85.1 Å². The highest BCUT2D eigenvalue weighted by atomic mass is 79.9. The fourth-order valence-electron chi connectivity index (χ4n) is 3.77. The quantitative estimate of drug-likeness (QED) is 0.150. The third kappa shape index (κ3) is 8.42. The van der Waals surface area contributed by atoms with E-state index in [4.69, 9.17) is 26.4 Å². The van der Waals surface area contributed by atoms with Crippen LogP contribution in [0, 0.1) is 0 Å². The Morgan fingerprint density at radius 2 is 1.95 bits per heavy atom. The van der Waals surface area contributed by atoms with E-state index < -0.39 is 0 Å². The minimum absolute atomic E-state index is 0.115. The molecular formula is C25H31BrN2O7S2. The number of hydrogen-bond acceptors (Lipinski definition) is 9. The zero-order valence-corrected chi connectivity index (χ0v) is 24.2. The summed E-state index contributed by atoms with van der Waals surface area (Å²) in [5.41, 5.74) is 0.737. The molecule has 3 rings (SSSR count). The maximum absolute atomic E-state index is 13.0. The summed E-state index contributed by atoms with van der Waals surface area (Å²) < 4.78 is 22.7. The minimum Gasteiger partial charge on any atom is -0.490 e. The van der Waals surface area contributed by atoms with Crippen molar-refractivity contribution in [2.75, 3.05) is 53.2 Å². The molecule has 0 atom stereocenters. The summed E-state index contributed by atoms with van der Waals surface area (Å²) in [5, 5.41) is 0. The molecule has 0 unspecified atom stereocenters. The molecule has 2 aliphatic rings. The minimum atomic E-state index is -0.230. The van der Waals surface area contributed by atoms with Gasteiger partial charge in [0.1, 0.15) is 4.32 Å². The SMILES string of the molecule is CCOc1cc(/C=C2/SC(=S)N(CCCCCC(=O)OC)C2=O)cc(Br)c1OCC(=O)N1CCOCC1. The number of ether oxygens (including phenoxy) is 4. The molecule has 12 heteroatoms. The number of methoxy groups -OCH3 is 1. The molecule has 0 radical (unpaired) electrons. The van der Waals surface area contributed by atoms with Gasteiger partial charge in [-0.05, 0) is 59.5 Å². The number of esters is 1. The molecule has 0 aliphatic carbocycles. The first-order chi connectivity index (χ1) is 17.8. The Labute approximate surface area is 234 Å². The van der Waals surface area contributed by atoms with E-state index in [1.54, 1.807) is 21.9 Å². The van der Waals surface area contributed by atoms with Crippen LogP contribution in [0.15, 0.2) is 21.5 Å². The molecule has 0 spiro atoms. The fraction of sp³-hybridized carbons (Fsp3) is 0.520. The first-order valence-electron chi connectivity index (χ1n) is 12.1. The molecule has 202 valence electrons. The fourth-order valence-corrected chi connectivity index (χ4v) is 5.66. The molecule has 1 aromatic rings. The molecule has 2 fully saturated rings. The van der Waals surface area contributed by atoms with Crippen molar-refractivity contribution in [1.29, 1.82) is 0 Å². The molecule has 2 heterocycles. The van der Waals surface area contributed by atoms with Gasteiger partial charge in [0.05, 0.1) is 36.3 Å². The number of thioether (sulfide) groups is 1. The van der Waals surface area contributed by atoms with Crippen molar-refractivity contribution < 1.29 is 33.3 Å². The average Bonchev–Trinajstić information content (AvgIpc) is 3.15. The molecule has 37 heavy (non-hydrogen) atoms. The normalized spacial score (nSPS) is 16.9. The summed E-state index contributed by atoms with van der Waals surface area (Å²) in [6.07, 6.45) is 4.38. The number of rotatable bonds is 12. The number of hydrogen-bond donors (Lipinski definition) is 0. The molecule has 9 nitrogen and oxygen atoms in total. The van der Waals surface area contributed by atoms with Crippen molar-refractivity contribution in [2.24, 2.45) is 0 Å². The van der Waals surface area contributed by atoms with E-state index in [2.05, 4.69) is 20.7 Å². The lowest BCUT2D eigenvalue weighted by atomic mass is 10.1. The number of nitrogens with zero attached hydrogens (tertiary/aromatic N) is 2. The summed E-state index contributed by atoms with van der Waals surface area (Å²) in [4.78, 5) is 40.6. The summed E-state index contributed by atoms with van der Waals surface area (Å²) in [6.45, 7) is 4.79. The highest BCUT2D eigenvalue weighted by Crippen LogP contribution is 2.39. The Bertz CT molecular complexity index is 1040.